The summed E-state index contributed by atoms with van der Waals surface area (Å²) in [4.78, 5) is 10.6. The maximum Gasteiger partial charge on any atom is 0.371 e. The molecule has 2 N–H and O–H groups in total. The minimum Gasteiger partial charge on any atom is -0.475 e. The highest BCUT2D eigenvalue weighted by Crippen LogP contribution is 2.16. The van der Waals surface area contributed by atoms with Gasteiger partial charge in [-0.05, 0) is 26.0 Å². The number of sulfonamides is 1. The number of carboxylic acid groups (broad SMARTS) is 1. The van der Waals surface area contributed by atoms with Crippen LogP contribution in [0, 0.1) is 13.8 Å². The minimum absolute atomic E-state index is 0.0212. The van der Waals surface area contributed by atoms with Gasteiger partial charge in [0.25, 0.3) is 10.0 Å². The van der Waals surface area contributed by atoms with Crippen molar-refractivity contribution in [2.45, 2.75) is 25.5 Å². The second-order valence-corrected chi connectivity index (χ2v) is 5.75. The van der Waals surface area contributed by atoms with Gasteiger partial charge < -0.3 is 14.0 Å². The van der Waals surface area contributed by atoms with E-state index in [0.29, 0.717) is 17.0 Å². The Morgan fingerprint density at radius 1 is 1.40 bits per heavy atom. The summed E-state index contributed by atoms with van der Waals surface area (Å²) in [5.41, 5.74) is 1.20. The summed E-state index contributed by atoms with van der Waals surface area (Å²) in [6, 6.07) is 2.16. The van der Waals surface area contributed by atoms with Crippen molar-refractivity contribution in [3.05, 3.63) is 34.9 Å². The summed E-state index contributed by atoms with van der Waals surface area (Å²) in [6.45, 7) is 3.33. The van der Waals surface area contributed by atoms with E-state index in [9.17, 15) is 13.2 Å². The van der Waals surface area contributed by atoms with Crippen molar-refractivity contribution in [3.8, 4) is 0 Å². The highest BCUT2D eigenvalue weighted by atomic mass is 32.2. The summed E-state index contributed by atoms with van der Waals surface area (Å²) in [6.07, 6.45) is 0. The van der Waals surface area contributed by atoms with Gasteiger partial charge in [0.15, 0.2) is 0 Å². The molecule has 0 aliphatic carbocycles. The molecule has 108 valence electrons. The Morgan fingerprint density at radius 3 is 2.60 bits per heavy atom. The topological polar surface area (TPSA) is 123 Å². The second-order valence-electron chi connectivity index (χ2n) is 4.05. The SMILES string of the molecule is Cc1noc(C)c1CNS(=O)(=O)c1ccc(C(=O)O)o1. The number of carbonyl (C=O) groups is 1. The molecule has 0 amide bonds. The highest BCUT2D eigenvalue weighted by molar-refractivity contribution is 7.89. The number of hydrogen-bond acceptors (Lipinski definition) is 6. The number of furan rings is 1. The van der Waals surface area contributed by atoms with Gasteiger partial charge in [-0.1, -0.05) is 5.16 Å². The molecule has 8 nitrogen and oxygen atoms in total. The predicted molar refractivity (Wildman–Crippen MR) is 65.7 cm³/mol. The fourth-order valence-corrected chi connectivity index (χ4v) is 2.50. The Hall–Kier alpha value is -2.13. The van der Waals surface area contributed by atoms with Crippen LogP contribution in [0.1, 0.15) is 27.6 Å². The van der Waals surface area contributed by atoms with Crippen molar-refractivity contribution < 1.29 is 27.3 Å². The molecule has 0 atom stereocenters. The van der Waals surface area contributed by atoms with E-state index < -0.39 is 26.8 Å². The molecule has 2 rings (SSSR count). The maximum absolute atomic E-state index is 11.9. The predicted octanol–water partition coefficient (Wildman–Crippen LogP) is 1.06. The van der Waals surface area contributed by atoms with Crippen LogP contribution in [0.5, 0.6) is 0 Å². The van der Waals surface area contributed by atoms with Gasteiger partial charge in [0.2, 0.25) is 10.9 Å². The molecule has 0 aromatic carbocycles. The van der Waals surface area contributed by atoms with Gasteiger partial charge in [-0.3, -0.25) is 0 Å². The van der Waals surface area contributed by atoms with Gasteiger partial charge in [-0.15, -0.1) is 0 Å². The second kappa shape index (κ2) is 5.10. The van der Waals surface area contributed by atoms with E-state index in [1.165, 1.54) is 0 Å². The van der Waals surface area contributed by atoms with E-state index in [2.05, 4.69) is 9.88 Å². The van der Waals surface area contributed by atoms with Crippen molar-refractivity contribution in [1.82, 2.24) is 9.88 Å². The third-order valence-corrected chi connectivity index (χ3v) is 3.95. The van der Waals surface area contributed by atoms with Crippen molar-refractivity contribution >= 4 is 16.0 Å². The summed E-state index contributed by atoms with van der Waals surface area (Å²) in [5, 5.41) is 11.9. The molecule has 0 aliphatic rings. The molecule has 0 unspecified atom stereocenters. The van der Waals surface area contributed by atoms with E-state index in [4.69, 9.17) is 14.0 Å². The molecular formula is C11H12N2O6S. The van der Waals surface area contributed by atoms with Gasteiger partial charge in [0.1, 0.15) is 5.76 Å². The van der Waals surface area contributed by atoms with Crippen LogP contribution in [0.25, 0.3) is 0 Å². The quantitative estimate of drug-likeness (QED) is 0.846. The first kappa shape index (κ1) is 14.3. The minimum atomic E-state index is -3.93. The zero-order valence-corrected chi connectivity index (χ0v) is 11.5. The number of nitrogens with zero attached hydrogens (tertiary/aromatic N) is 1. The number of hydrogen-bond donors (Lipinski definition) is 2. The molecule has 0 saturated heterocycles. The van der Waals surface area contributed by atoms with Crippen LogP contribution in [-0.2, 0) is 16.6 Å². The summed E-state index contributed by atoms with van der Waals surface area (Å²) >= 11 is 0. The van der Waals surface area contributed by atoms with Crippen LogP contribution >= 0.6 is 0 Å². The Kier molecular flexibility index (Phi) is 3.64. The van der Waals surface area contributed by atoms with E-state index in [0.717, 1.165) is 12.1 Å². The van der Waals surface area contributed by atoms with Crippen LogP contribution in [0.15, 0.2) is 26.2 Å². The summed E-state index contributed by atoms with van der Waals surface area (Å²) in [7, 11) is -3.93. The van der Waals surface area contributed by atoms with Crippen molar-refractivity contribution in [1.29, 1.82) is 0 Å². The van der Waals surface area contributed by atoms with Crippen molar-refractivity contribution in [2.24, 2.45) is 0 Å². The Balaban J connectivity index is 2.17. The molecule has 2 heterocycles. The van der Waals surface area contributed by atoms with E-state index in [1.807, 2.05) is 0 Å². The Bertz CT molecular complexity index is 723. The zero-order chi connectivity index (χ0) is 14.9. The fourth-order valence-electron chi connectivity index (χ4n) is 1.57. The highest BCUT2D eigenvalue weighted by Gasteiger charge is 2.22. The summed E-state index contributed by atoms with van der Waals surface area (Å²) < 4.78 is 35.8. The van der Waals surface area contributed by atoms with Gasteiger partial charge in [0, 0.05) is 12.1 Å². The van der Waals surface area contributed by atoms with Gasteiger partial charge in [-0.2, -0.15) is 0 Å². The standard InChI is InChI=1S/C11H12N2O6S/c1-6-8(7(2)19-13-6)5-12-20(16,17)10-4-3-9(18-10)11(14)15/h3-4,12H,5H2,1-2H3,(H,14,15). The monoisotopic (exact) mass is 300 g/mol. The number of rotatable bonds is 5. The molecule has 0 fully saturated rings. The largest absolute Gasteiger partial charge is 0.475 e. The summed E-state index contributed by atoms with van der Waals surface area (Å²) in [5.74, 6) is -1.27. The molecule has 20 heavy (non-hydrogen) atoms. The molecule has 0 aliphatic heterocycles. The average molecular weight is 300 g/mol. The first-order chi connectivity index (χ1) is 9.31. The zero-order valence-electron chi connectivity index (χ0n) is 10.7. The van der Waals surface area contributed by atoms with Crippen LogP contribution in [0.4, 0.5) is 0 Å². The molecule has 2 aromatic rings. The van der Waals surface area contributed by atoms with Gasteiger partial charge >= 0.3 is 5.97 Å². The third kappa shape index (κ3) is 2.73. The van der Waals surface area contributed by atoms with Crippen LogP contribution in [-0.4, -0.2) is 24.7 Å². The first-order valence-corrected chi connectivity index (χ1v) is 7.04. The van der Waals surface area contributed by atoms with E-state index >= 15 is 0 Å². The van der Waals surface area contributed by atoms with Crippen LogP contribution < -0.4 is 4.72 Å². The molecule has 9 heteroatoms. The van der Waals surface area contributed by atoms with Crippen molar-refractivity contribution in [2.75, 3.05) is 0 Å². The fraction of sp³-hybridized carbons (Fsp3) is 0.273. The molecule has 0 spiro atoms. The van der Waals surface area contributed by atoms with E-state index in [-0.39, 0.29) is 6.54 Å². The lowest BCUT2D eigenvalue weighted by atomic mass is 10.2. The number of carboxylic acids is 1. The lowest BCUT2D eigenvalue weighted by Gasteiger charge is -2.03. The molecule has 2 aromatic heterocycles. The normalized spacial score (nSPS) is 11.7. The van der Waals surface area contributed by atoms with Gasteiger partial charge in [0.05, 0.1) is 5.69 Å². The van der Waals surface area contributed by atoms with E-state index in [1.54, 1.807) is 13.8 Å². The number of aromatic nitrogens is 1. The Labute approximate surface area is 114 Å². The number of aromatic carboxylic acids is 1. The van der Waals surface area contributed by atoms with Gasteiger partial charge in [-0.25, -0.2) is 17.9 Å². The number of nitrogens with one attached hydrogen (secondary N) is 1. The lowest BCUT2D eigenvalue weighted by Crippen LogP contribution is -2.23. The number of aryl methyl sites for hydroxylation is 2. The molecule has 0 saturated carbocycles. The first-order valence-electron chi connectivity index (χ1n) is 5.56. The van der Waals surface area contributed by atoms with Crippen molar-refractivity contribution in [3.63, 3.8) is 0 Å². The lowest BCUT2D eigenvalue weighted by molar-refractivity contribution is 0.0656. The molecular weight excluding hydrogens is 288 g/mol. The maximum atomic E-state index is 11.9. The smallest absolute Gasteiger partial charge is 0.371 e. The van der Waals surface area contributed by atoms with Crippen LogP contribution in [0.3, 0.4) is 0 Å². The average Bonchev–Trinajstić information content (AvgIpc) is 2.96. The Morgan fingerprint density at radius 2 is 2.10 bits per heavy atom. The molecule has 0 bridgehead atoms. The van der Waals surface area contributed by atoms with Crippen LogP contribution in [0.2, 0.25) is 0 Å². The third-order valence-electron chi connectivity index (χ3n) is 2.68. The molecule has 0 radical (unpaired) electrons.